The van der Waals surface area contributed by atoms with Crippen molar-refractivity contribution in [2.24, 2.45) is 0 Å². The fourth-order valence-corrected chi connectivity index (χ4v) is 3.67. The number of aromatic nitrogens is 1. The molecule has 2 aliphatic heterocycles. The number of likely N-dealkylation sites (tertiary alicyclic amines) is 1. The van der Waals surface area contributed by atoms with Crippen molar-refractivity contribution in [1.29, 1.82) is 0 Å². The Hall–Kier alpha value is -1.86. The Morgan fingerprint density at radius 1 is 1.27 bits per heavy atom. The summed E-state index contributed by atoms with van der Waals surface area (Å²) in [6.45, 7) is 5.57. The van der Waals surface area contributed by atoms with E-state index in [9.17, 15) is 9.59 Å². The number of hydrogen-bond acceptors (Lipinski definition) is 4. The van der Waals surface area contributed by atoms with Crippen LogP contribution < -0.4 is 5.32 Å². The number of hydrogen-bond donors (Lipinski definition) is 1. The molecule has 3 amide bonds. The first kappa shape index (κ1) is 18.9. The van der Waals surface area contributed by atoms with Crippen molar-refractivity contribution in [1.82, 2.24) is 20.1 Å². The van der Waals surface area contributed by atoms with Crippen molar-refractivity contribution >= 4 is 23.5 Å². The lowest BCUT2D eigenvalue weighted by atomic mass is 9.89. The van der Waals surface area contributed by atoms with Gasteiger partial charge in [-0.05, 0) is 25.3 Å². The molecule has 2 saturated heterocycles. The predicted octanol–water partition coefficient (Wildman–Crippen LogP) is 2.16. The number of piperidine rings is 1. The molecule has 2 aliphatic rings. The average molecular weight is 381 g/mol. The molecule has 0 atom stereocenters. The number of rotatable bonds is 3. The largest absolute Gasteiger partial charge is 0.371 e. The Balaban J connectivity index is 1.60. The third-order valence-corrected chi connectivity index (χ3v) is 5.18. The number of nitrogens with zero attached hydrogens (tertiary/aromatic N) is 3. The summed E-state index contributed by atoms with van der Waals surface area (Å²) in [7, 11) is 0. The van der Waals surface area contributed by atoms with Gasteiger partial charge in [0, 0.05) is 38.6 Å². The van der Waals surface area contributed by atoms with Gasteiger partial charge in [0.2, 0.25) is 0 Å². The molecule has 1 aromatic heterocycles. The first-order valence-electron chi connectivity index (χ1n) is 9.09. The molecule has 0 aromatic carbocycles. The van der Waals surface area contributed by atoms with Gasteiger partial charge < -0.3 is 19.9 Å². The summed E-state index contributed by atoms with van der Waals surface area (Å²) in [5.74, 6) is -0.0780. The molecular formula is C18H25ClN4O3. The Kier molecular flexibility index (Phi) is 5.98. The zero-order valence-electron chi connectivity index (χ0n) is 15.0. The third-order valence-electron chi connectivity index (χ3n) is 4.98. The van der Waals surface area contributed by atoms with Crippen molar-refractivity contribution in [3.63, 3.8) is 0 Å². The van der Waals surface area contributed by atoms with Gasteiger partial charge in [-0.1, -0.05) is 18.5 Å². The number of ether oxygens (including phenoxy) is 1. The number of carbonyl (C=O) groups is 2. The summed E-state index contributed by atoms with van der Waals surface area (Å²) in [5, 5.41) is 3.36. The maximum Gasteiger partial charge on any atom is 0.317 e. The molecule has 1 aromatic rings. The van der Waals surface area contributed by atoms with E-state index in [2.05, 4.69) is 10.3 Å². The monoisotopic (exact) mass is 380 g/mol. The minimum Gasteiger partial charge on any atom is -0.371 e. The van der Waals surface area contributed by atoms with Gasteiger partial charge in [-0.25, -0.2) is 4.79 Å². The fourth-order valence-electron chi connectivity index (χ4n) is 3.49. The summed E-state index contributed by atoms with van der Waals surface area (Å²) >= 11 is 5.95. The zero-order chi connectivity index (χ0) is 18.6. The molecule has 0 aliphatic carbocycles. The topological polar surface area (TPSA) is 74.8 Å². The van der Waals surface area contributed by atoms with Gasteiger partial charge in [-0.15, -0.1) is 0 Å². The van der Waals surface area contributed by atoms with Crippen LogP contribution >= 0.6 is 11.6 Å². The average Bonchev–Trinajstić information content (AvgIpc) is 2.66. The molecule has 8 heteroatoms. The van der Waals surface area contributed by atoms with Gasteiger partial charge in [0.25, 0.3) is 5.91 Å². The van der Waals surface area contributed by atoms with Crippen LogP contribution in [0.25, 0.3) is 0 Å². The molecule has 7 nitrogen and oxygen atoms in total. The van der Waals surface area contributed by atoms with Crippen LogP contribution in [-0.4, -0.2) is 71.7 Å². The molecule has 0 bridgehead atoms. The number of morpholine rings is 1. The summed E-state index contributed by atoms with van der Waals surface area (Å²) in [6.07, 6.45) is 5.42. The molecule has 26 heavy (non-hydrogen) atoms. The van der Waals surface area contributed by atoms with Gasteiger partial charge >= 0.3 is 6.03 Å². The highest BCUT2D eigenvalue weighted by Crippen LogP contribution is 2.31. The van der Waals surface area contributed by atoms with Crippen molar-refractivity contribution in [2.75, 3.05) is 39.3 Å². The van der Waals surface area contributed by atoms with Gasteiger partial charge in [-0.2, -0.15) is 0 Å². The number of urea groups is 1. The zero-order valence-corrected chi connectivity index (χ0v) is 15.8. The maximum atomic E-state index is 12.8. The molecule has 3 rings (SSSR count). The normalized spacial score (nSPS) is 19.5. The summed E-state index contributed by atoms with van der Waals surface area (Å²) in [5.41, 5.74) is 0.118. The molecular weight excluding hydrogens is 356 g/mol. The van der Waals surface area contributed by atoms with E-state index >= 15 is 0 Å². The fraction of sp³-hybridized carbons (Fsp3) is 0.611. The van der Waals surface area contributed by atoms with E-state index in [0.717, 1.165) is 19.3 Å². The molecule has 0 saturated carbocycles. The van der Waals surface area contributed by atoms with Crippen LogP contribution in [0.2, 0.25) is 5.02 Å². The van der Waals surface area contributed by atoms with Gasteiger partial charge in [0.15, 0.2) is 0 Å². The standard InChI is InChI=1S/C18H25ClN4O3/c1-2-5-21-17(25)22-6-3-18(4-7-22)13-23(8-9-26-18)16(24)14-10-15(19)12-20-11-14/h10-12H,2-9,13H2,1H3,(H,21,25). The van der Waals surface area contributed by atoms with E-state index < -0.39 is 0 Å². The minimum absolute atomic E-state index is 0.0181. The van der Waals surface area contributed by atoms with E-state index in [1.807, 2.05) is 16.7 Å². The van der Waals surface area contributed by atoms with Crippen molar-refractivity contribution in [3.8, 4) is 0 Å². The first-order valence-corrected chi connectivity index (χ1v) is 9.47. The molecule has 2 fully saturated rings. The predicted molar refractivity (Wildman–Crippen MR) is 98.3 cm³/mol. The Bertz CT molecular complexity index is 662. The highest BCUT2D eigenvalue weighted by atomic mass is 35.5. The highest BCUT2D eigenvalue weighted by molar-refractivity contribution is 6.30. The molecule has 1 spiro atoms. The maximum absolute atomic E-state index is 12.8. The van der Waals surface area contributed by atoms with E-state index in [1.54, 1.807) is 6.07 Å². The first-order chi connectivity index (χ1) is 12.5. The molecule has 0 radical (unpaired) electrons. The smallest absolute Gasteiger partial charge is 0.317 e. The van der Waals surface area contributed by atoms with Crippen molar-refractivity contribution in [2.45, 2.75) is 31.8 Å². The number of halogens is 1. The van der Waals surface area contributed by atoms with Gasteiger partial charge in [0.05, 0.1) is 29.3 Å². The number of amides is 3. The third kappa shape index (κ3) is 4.27. The van der Waals surface area contributed by atoms with Crippen molar-refractivity contribution in [3.05, 3.63) is 29.0 Å². The number of nitrogens with one attached hydrogen (secondary N) is 1. The van der Waals surface area contributed by atoms with E-state index in [4.69, 9.17) is 16.3 Å². The lowest BCUT2D eigenvalue weighted by Crippen LogP contribution is -2.59. The van der Waals surface area contributed by atoms with Gasteiger partial charge in [-0.3, -0.25) is 9.78 Å². The summed E-state index contributed by atoms with van der Waals surface area (Å²) in [4.78, 5) is 32.5. The Labute approximate surface area is 158 Å². The van der Waals surface area contributed by atoms with Gasteiger partial charge in [0.1, 0.15) is 0 Å². The van der Waals surface area contributed by atoms with Crippen molar-refractivity contribution < 1.29 is 14.3 Å². The van der Waals surface area contributed by atoms with Crippen LogP contribution in [0.4, 0.5) is 4.79 Å². The lowest BCUT2D eigenvalue weighted by molar-refractivity contribution is -0.123. The molecule has 0 unspecified atom stereocenters. The van der Waals surface area contributed by atoms with Crippen LogP contribution in [0.15, 0.2) is 18.5 Å². The second-order valence-corrected chi connectivity index (χ2v) is 7.31. The second kappa shape index (κ2) is 8.22. The van der Waals surface area contributed by atoms with Crippen LogP contribution in [0.5, 0.6) is 0 Å². The highest BCUT2D eigenvalue weighted by Gasteiger charge is 2.42. The summed E-state index contributed by atoms with van der Waals surface area (Å²) < 4.78 is 6.06. The Morgan fingerprint density at radius 3 is 2.73 bits per heavy atom. The van der Waals surface area contributed by atoms with Crippen LogP contribution in [0.1, 0.15) is 36.5 Å². The number of pyridine rings is 1. The van der Waals surface area contributed by atoms with Crippen LogP contribution in [0.3, 0.4) is 0 Å². The molecule has 1 N–H and O–H groups in total. The molecule has 142 valence electrons. The van der Waals surface area contributed by atoms with Crippen LogP contribution in [0, 0.1) is 0 Å². The lowest BCUT2D eigenvalue weighted by Gasteiger charge is -2.47. The SMILES string of the molecule is CCCNC(=O)N1CCC2(CC1)CN(C(=O)c1cncc(Cl)c1)CCO2. The molecule has 3 heterocycles. The summed E-state index contributed by atoms with van der Waals surface area (Å²) in [6, 6.07) is 1.62. The van der Waals surface area contributed by atoms with E-state index in [1.165, 1.54) is 12.4 Å². The number of carbonyl (C=O) groups excluding carboxylic acids is 2. The van der Waals surface area contributed by atoms with E-state index in [0.29, 0.717) is 49.9 Å². The van der Waals surface area contributed by atoms with Crippen LogP contribution in [-0.2, 0) is 4.74 Å². The Morgan fingerprint density at radius 2 is 2.04 bits per heavy atom. The quantitative estimate of drug-likeness (QED) is 0.872. The second-order valence-electron chi connectivity index (χ2n) is 6.87. The minimum atomic E-state index is -0.374. The van der Waals surface area contributed by atoms with E-state index in [-0.39, 0.29) is 17.5 Å².